The molecule has 3 aromatic rings. The normalized spacial score (nSPS) is 11.7. The molecular formula is C24H28N2O4S2. The monoisotopic (exact) mass is 472 g/mol. The van der Waals surface area contributed by atoms with Crippen molar-refractivity contribution in [1.82, 2.24) is 10.2 Å². The van der Waals surface area contributed by atoms with Gasteiger partial charge in [0.2, 0.25) is 0 Å². The molecule has 2 amide bonds. The number of ether oxygens (including phenoxy) is 1. The zero-order valence-electron chi connectivity index (χ0n) is 17.8. The molecule has 170 valence electrons. The van der Waals surface area contributed by atoms with E-state index in [4.69, 9.17) is 4.74 Å². The predicted molar refractivity (Wildman–Crippen MR) is 127 cm³/mol. The molecule has 1 atom stereocenters. The average Bonchev–Trinajstić information content (AvgIpc) is 3.51. The number of nitrogens with one attached hydrogen (secondary N) is 1. The van der Waals surface area contributed by atoms with E-state index in [-0.39, 0.29) is 12.5 Å². The van der Waals surface area contributed by atoms with E-state index >= 15 is 0 Å². The van der Waals surface area contributed by atoms with Crippen molar-refractivity contribution >= 4 is 34.7 Å². The number of nitrogens with zero attached hydrogens (tertiary/aromatic N) is 1. The summed E-state index contributed by atoms with van der Waals surface area (Å²) in [4.78, 5) is 28.5. The fourth-order valence-electron chi connectivity index (χ4n) is 3.15. The van der Waals surface area contributed by atoms with E-state index in [0.29, 0.717) is 38.9 Å². The maximum absolute atomic E-state index is 12.9. The molecule has 0 radical (unpaired) electrons. The molecule has 0 saturated heterocycles. The van der Waals surface area contributed by atoms with Crippen LogP contribution in [0.3, 0.4) is 0 Å². The van der Waals surface area contributed by atoms with Gasteiger partial charge < -0.3 is 20.1 Å². The molecule has 0 saturated carbocycles. The van der Waals surface area contributed by atoms with Crippen molar-refractivity contribution in [2.24, 2.45) is 0 Å². The van der Waals surface area contributed by atoms with Gasteiger partial charge in [0, 0.05) is 16.3 Å². The second-order valence-corrected chi connectivity index (χ2v) is 9.42. The van der Waals surface area contributed by atoms with Gasteiger partial charge in [0.1, 0.15) is 12.7 Å². The minimum Gasteiger partial charge on any atom is -0.445 e. The number of benzene rings is 1. The van der Waals surface area contributed by atoms with Gasteiger partial charge in [0.25, 0.3) is 5.91 Å². The average molecular weight is 473 g/mol. The van der Waals surface area contributed by atoms with Crippen LogP contribution in [0.1, 0.15) is 34.6 Å². The van der Waals surface area contributed by atoms with Crippen LogP contribution in [0.15, 0.2) is 65.4 Å². The Kier molecular flexibility index (Phi) is 9.74. The number of carbonyl (C=O) groups excluding carboxylic acids is 2. The molecule has 3 rings (SSSR count). The number of hydrogen-bond acceptors (Lipinski definition) is 6. The van der Waals surface area contributed by atoms with Crippen molar-refractivity contribution in [3.05, 3.63) is 80.7 Å². The highest BCUT2D eigenvalue weighted by molar-refractivity contribution is 7.10. The first kappa shape index (κ1) is 24.0. The lowest BCUT2D eigenvalue weighted by molar-refractivity contribution is -0.141. The van der Waals surface area contributed by atoms with Gasteiger partial charge in [-0.25, -0.2) is 4.79 Å². The number of hydrogen-bond donors (Lipinski definition) is 2. The number of unbranched alkanes of at least 4 members (excludes halogenated alkanes) is 1. The number of aliphatic hydroxyl groups is 1. The van der Waals surface area contributed by atoms with Gasteiger partial charge in [0.15, 0.2) is 0 Å². The van der Waals surface area contributed by atoms with Gasteiger partial charge in [-0.1, -0.05) is 42.5 Å². The van der Waals surface area contributed by atoms with Crippen LogP contribution < -0.4 is 5.32 Å². The summed E-state index contributed by atoms with van der Waals surface area (Å²) < 4.78 is 5.17. The smallest absolute Gasteiger partial charge is 0.407 e. The molecule has 0 bridgehead atoms. The quantitative estimate of drug-likeness (QED) is 0.371. The molecule has 2 N–H and O–H groups in total. The van der Waals surface area contributed by atoms with Crippen molar-refractivity contribution < 1.29 is 19.4 Å². The van der Waals surface area contributed by atoms with Gasteiger partial charge in [-0.15, -0.1) is 22.7 Å². The molecule has 1 aromatic carbocycles. The highest BCUT2D eigenvalue weighted by atomic mass is 32.1. The van der Waals surface area contributed by atoms with Crippen LogP contribution in [0.5, 0.6) is 0 Å². The minimum atomic E-state index is -1.06. The van der Waals surface area contributed by atoms with E-state index in [9.17, 15) is 14.7 Å². The van der Waals surface area contributed by atoms with Crippen molar-refractivity contribution in [3.63, 3.8) is 0 Å². The lowest BCUT2D eigenvalue weighted by Gasteiger charge is -2.24. The summed E-state index contributed by atoms with van der Waals surface area (Å²) in [5.41, 5.74) is 0.930. The SMILES string of the molecule is O=C(NCCCC[C@H](O)C(=O)N(Cc1cccs1)Cc1cccs1)OCc1ccccc1. The first-order chi connectivity index (χ1) is 15.6. The fraction of sp³-hybridized carbons (Fsp3) is 0.333. The Balaban J connectivity index is 1.37. The van der Waals surface area contributed by atoms with Crippen LogP contribution in [-0.2, 0) is 29.2 Å². The highest BCUT2D eigenvalue weighted by Gasteiger charge is 2.23. The van der Waals surface area contributed by atoms with Crippen LogP contribution in [0.25, 0.3) is 0 Å². The number of rotatable bonds is 12. The summed E-state index contributed by atoms with van der Waals surface area (Å²) in [6.45, 7) is 1.63. The largest absolute Gasteiger partial charge is 0.445 e. The third kappa shape index (κ3) is 8.11. The van der Waals surface area contributed by atoms with Crippen molar-refractivity contribution in [2.45, 2.75) is 45.1 Å². The number of alkyl carbamates (subject to hydrolysis) is 1. The fourth-order valence-corrected chi connectivity index (χ4v) is 4.59. The van der Waals surface area contributed by atoms with Crippen LogP contribution in [0.4, 0.5) is 4.79 Å². The van der Waals surface area contributed by atoms with Gasteiger partial charge in [0.05, 0.1) is 13.1 Å². The molecule has 0 aliphatic rings. The van der Waals surface area contributed by atoms with Gasteiger partial charge in [-0.3, -0.25) is 4.79 Å². The number of carbonyl (C=O) groups is 2. The Labute approximate surface area is 196 Å². The molecule has 0 aliphatic carbocycles. The van der Waals surface area contributed by atoms with Crippen LogP contribution in [0.2, 0.25) is 0 Å². The van der Waals surface area contributed by atoms with E-state index in [2.05, 4.69) is 5.32 Å². The summed E-state index contributed by atoms with van der Waals surface area (Å²) in [5.74, 6) is -0.262. The molecule has 32 heavy (non-hydrogen) atoms. The first-order valence-electron chi connectivity index (χ1n) is 10.6. The standard InChI is InChI=1S/C24H28N2O4S2/c27-22(12-4-5-13-25-24(29)30-18-19-8-2-1-3-9-19)23(28)26(16-20-10-6-14-31-20)17-21-11-7-15-32-21/h1-3,6-11,14-15,22,27H,4-5,12-13,16-18H2,(H,25,29)/t22-/m0/s1. The van der Waals surface area contributed by atoms with Gasteiger partial charge in [-0.2, -0.15) is 0 Å². The van der Waals surface area contributed by atoms with E-state index in [0.717, 1.165) is 15.3 Å². The third-order valence-electron chi connectivity index (χ3n) is 4.84. The van der Waals surface area contributed by atoms with Crippen LogP contribution in [0, 0.1) is 0 Å². The van der Waals surface area contributed by atoms with E-state index in [1.54, 1.807) is 27.6 Å². The summed E-state index contributed by atoms with van der Waals surface area (Å²) >= 11 is 3.20. The predicted octanol–water partition coefficient (Wildman–Crippen LogP) is 4.80. The van der Waals surface area contributed by atoms with E-state index in [1.807, 2.05) is 65.4 Å². The summed E-state index contributed by atoms with van der Waals surface area (Å²) in [6.07, 6.45) is 0.104. The molecule has 0 aliphatic heterocycles. The zero-order valence-corrected chi connectivity index (χ0v) is 19.4. The zero-order chi connectivity index (χ0) is 22.6. The maximum Gasteiger partial charge on any atom is 0.407 e. The number of amides is 2. The Bertz CT molecular complexity index is 894. The van der Waals surface area contributed by atoms with Crippen LogP contribution in [-0.4, -0.2) is 34.7 Å². The summed E-state index contributed by atoms with van der Waals surface area (Å²) in [7, 11) is 0. The molecule has 2 aromatic heterocycles. The molecule has 0 unspecified atom stereocenters. The Morgan fingerprint density at radius 2 is 1.59 bits per heavy atom. The van der Waals surface area contributed by atoms with Crippen LogP contribution >= 0.6 is 22.7 Å². The maximum atomic E-state index is 12.9. The Morgan fingerprint density at radius 1 is 0.938 bits per heavy atom. The summed E-state index contributed by atoms with van der Waals surface area (Å²) in [6, 6.07) is 17.4. The first-order valence-corrected chi connectivity index (χ1v) is 12.3. The molecule has 0 fully saturated rings. The second kappa shape index (κ2) is 13.0. The molecule has 0 spiro atoms. The number of thiophene rings is 2. The van der Waals surface area contributed by atoms with Crippen molar-refractivity contribution in [3.8, 4) is 0 Å². The summed E-state index contributed by atoms with van der Waals surface area (Å²) in [5, 5.41) is 17.1. The molecular weight excluding hydrogens is 444 g/mol. The lowest BCUT2D eigenvalue weighted by Crippen LogP contribution is -2.38. The minimum absolute atomic E-state index is 0.226. The van der Waals surface area contributed by atoms with E-state index in [1.165, 1.54) is 0 Å². The Hall–Kier alpha value is -2.68. The van der Waals surface area contributed by atoms with Gasteiger partial charge in [-0.05, 0) is 47.7 Å². The van der Waals surface area contributed by atoms with Crippen molar-refractivity contribution in [2.75, 3.05) is 6.54 Å². The Morgan fingerprint density at radius 3 is 2.19 bits per heavy atom. The second-order valence-electron chi connectivity index (χ2n) is 7.35. The highest BCUT2D eigenvalue weighted by Crippen LogP contribution is 2.19. The molecule has 8 heteroatoms. The van der Waals surface area contributed by atoms with E-state index < -0.39 is 12.2 Å². The van der Waals surface area contributed by atoms with Gasteiger partial charge >= 0.3 is 6.09 Å². The molecule has 6 nitrogen and oxygen atoms in total. The van der Waals surface area contributed by atoms with Crippen molar-refractivity contribution in [1.29, 1.82) is 0 Å². The lowest BCUT2D eigenvalue weighted by atomic mass is 10.1. The topological polar surface area (TPSA) is 78.9 Å². The number of aliphatic hydroxyl groups excluding tert-OH is 1. The third-order valence-corrected chi connectivity index (χ3v) is 6.56. The molecule has 2 heterocycles.